The number of hydrogen-bond acceptors (Lipinski definition) is 3. The summed E-state index contributed by atoms with van der Waals surface area (Å²) in [5.74, 6) is -1.34. The Labute approximate surface area is 75.5 Å². The first-order valence-electron chi connectivity index (χ1n) is 3.60. The van der Waals surface area contributed by atoms with Crippen LogP contribution in [0.5, 0.6) is 0 Å². The van der Waals surface area contributed by atoms with Crippen molar-refractivity contribution in [3.63, 3.8) is 0 Å². The second-order valence-corrected chi connectivity index (χ2v) is 2.57. The topological polar surface area (TPSA) is 63.6 Å². The van der Waals surface area contributed by atoms with Gasteiger partial charge < -0.3 is 9.84 Å². The molecule has 0 spiro atoms. The molecule has 0 saturated carbocycles. The van der Waals surface area contributed by atoms with Crippen LogP contribution in [0.1, 0.15) is 19.3 Å². The van der Waals surface area contributed by atoms with Crippen LogP contribution in [0.2, 0.25) is 0 Å². The summed E-state index contributed by atoms with van der Waals surface area (Å²) in [5, 5.41) is 8.16. The molecule has 70 valence electrons. The number of carbonyl (C=O) groups is 2. The molecule has 4 nitrogen and oxygen atoms in total. The van der Waals surface area contributed by atoms with Crippen LogP contribution in [-0.4, -0.2) is 29.5 Å². The molecule has 0 aromatic carbocycles. The molecule has 0 radical (unpaired) electrons. The molecule has 12 heavy (non-hydrogen) atoms. The molecule has 0 aliphatic rings. The highest BCUT2D eigenvalue weighted by atomic mass is 35.5. The number of ether oxygens (including phenoxy) is 1. The number of hydrogen-bond donors (Lipinski definition) is 1. The molecule has 0 aliphatic carbocycles. The van der Waals surface area contributed by atoms with Gasteiger partial charge in [0.15, 0.2) is 0 Å². The Morgan fingerprint density at radius 2 is 2.00 bits per heavy atom. The summed E-state index contributed by atoms with van der Waals surface area (Å²) in [6.45, 7) is 0.249. The summed E-state index contributed by atoms with van der Waals surface area (Å²) < 4.78 is 4.58. The lowest BCUT2D eigenvalue weighted by Crippen LogP contribution is -2.11. The predicted molar refractivity (Wildman–Crippen MR) is 43.2 cm³/mol. The quantitative estimate of drug-likeness (QED) is 0.297. The van der Waals surface area contributed by atoms with Gasteiger partial charge in [0.2, 0.25) is 0 Å². The van der Waals surface area contributed by atoms with Crippen LogP contribution in [0.25, 0.3) is 0 Å². The highest BCUT2D eigenvalue weighted by molar-refractivity contribution is 6.17. The van der Waals surface area contributed by atoms with E-state index >= 15 is 0 Å². The third-order valence-electron chi connectivity index (χ3n) is 1.09. The average molecular weight is 195 g/mol. The van der Waals surface area contributed by atoms with Crippen molar-refractivity contribution in [2.75, 3.05) is 12.5 Å². The fraction of sp³-hybridized carbons (Fsp3) is 0.714. The SMILES string of the molecule is O=C(O)CC(=O)OCCCCCl. The van der Waals surface area contributed by atoms with Crippen LogP contribution in [0.15, 0.2) is 0 Å². The summed E-state index contributed by atoms with van der Waals surface area (Å²) in [6, 6.07) is 0. The monoisotopic (exact) mass is 194 g/mol. The van der Waals surface area contributed by atoms with E-state index in [4.69, 9.17) is 16.7 Å². The molecule has 0 bridgehead atoms. The van der Waals surface area contributed by atoms with Crippen molar-refractivity contribution >= 4 is 23.5 Å². The van der Waals surface area contributed by atoms with Crippen molar-refractivity contribution in [1.82, 2.24) is 0 Å². The van der Waals surface area contributed by atoms with Gasteiger partial charge in [-0.1, -0.05) is 0 Å². The van der Waals surface area contributed by atoms with Crippen LogP contribution < -0.4 is 0 Å². The minimum Gasteiger partial charge on any atom is -0.481 e. The molecular weight excluding hydrogens is 184 g/mol. The van der Waals surface area contributed by atoms with E-state index in [1.165, 1.54) is 0 Å². The maximum absolute atomic E-state index is 10.6. The zero-order chi connectivity index (χ0) is 9.40. The van der Waals surface area contributed by atoms with Crippen molar-refractivity contribution in [3.8, 4) is 0 Å². The molecule has 1 N–H and O–H groups in total. The van der Waals surface area contributed by atoms with Crippen molar-refractivity contribution in [2.24, 2.45) is 0 Å². The van der Waals surface area contributed by atoms with E-state index in [-0.39, 0.29) is 6.61 Å². The van der Waals surface area contributed by atoms with Gasteiger partial charge in [-0.15, -0.1) is 11.6 Å². The molecule has 0 rings (SSSR count). The van der Waals surface area contributed by atoms with E-state index in [1.807, 2.05) is 0 Å². The molecule has 0 aliphatic heterocycles. The molecule has 5 heteroatoms. The average Bonchev–Trinajstić information content (AvgIpc) is 1.97. The second-order valence-electron chi connectivity index (χ2n) is 2.19. The Kier molecular flexibility index (Phi) is 6.47. The maximum atomic E-state index is 10.6. The van der Waals surface area contributed by atoms with Gasteiger partial charge in [-0.3, -0.25) is 9.59 Å². The van der Waals surface area contributed by atoms with Crippen LogP contribution >= 0.6 is 11.6 Å². The Morgan fingerprint density at radius 1 is 1.33 bits per heavy atom. The maximum Gasteiger partial charge on any atom is 0.317 e. The predicted octanol–water partition coefficient (Wildman–Crippen LogP) is 1.02. The first-order valence-corrected chi connectivity index (χ1v) is 4.13. The zero-order valence-corrected chi connectivity index (χ0v) is 7.34. The van der Waals surface area contributed by atoms with Gasteiger partial charge in [-0.05, 0) is 12.8 Å². The zero-order valence-electron chi connectivity index (χ0n) is 6.59. The first kappa shape index (κ1) is 11.2. The van der Waals surface area contributed by atoms with Crippen LogP contribution in [0, 0.1) is 0 Å². The van der Waals surface area contributed by atoms with Crippen molar-refractivity contribution in [1.29, 1.82) is 0 Å². The van der Waals surface area contributed by atoms with E-state index in [1.54, 1.807) is 0 Å². The summed E-state index contributed by atoms with van der Waals surface area (Å²) in [6.07, 6.45) is 0.873. The van der Waals surface area contributed by atoms with E-state index < -0.39 is 18.4 Å². The van der Waals surface area contributed by atoms with Gasteiger partial charge in [0, 0.05) is 5.88 Å². The van der Waals surface area contributed by atoms with Crippen LogP contribution in [0.3, 0.4) is 0 Å². The number of halogens is 1. The molecule has 0 saturated heterocycles. The fourth-order valence-electron chi connectivity index (χ4n) is 0.557. The number of carboxylic acid groups (broad SMARTS) is 1. The molecule has 0 aromatic heterocycles. The molecule has 0 atom stereocenters. The van der Waals surface area contributed by atoms with Crippen molar-refractivity contribution < 1.29 is 19.4 Å². The molecule has 0 heterocycles. The van der Waals surface area contributed by atoms with Gasteiger partial charge in [0.25, 0.3) is 0 Å². The standard InChI is InChI=1S/C7H11ClO4/c8-3-1-2-4-12-7(11)5-6(9)10/h1-5H2,(H,9,10). The fourth-order valence-corrected chi connectivity index (χ4v) is 0.746. The van der Waals surface area contributed by atoms with Crippen LogP contribution in [0.4, 0.5) is 0 Å². The minimum absolute atomic E-state index is 0.249. The van der Waals surface area contributed by atoms with Crippen molar-refractivity contribution in [3.05, 3.63) is 0 Å². The number of unbranched alkanes of at least 4 members (excludes halogenated alkanes) is 1. The summed E-state index contributed by atoms with van der Waals surface area (Å²) in [4.78, 5) is 20.6. The molecule has 0 aromatic rings. The molecule has 0 fully saturated rings. The Morgan fingerprint density at radius 3 is 2.50 bits per heavy atom. The highest BCUT2D eigenvalue weighted by Gasteiger charge is 2.07. The highest BCUT2D eigenvalue weighted by Crippen LogP contribution is 1.94. The third-order valence-corrected chi connectivity index (χ3v) is 1.35. The lowest BCUT2D eigenvalue weighted by molar-refractivity contribution is -0.151. The minimum atomic E-state index is -1.17. The summed E-state index contributed by atoms with van der Waals surface area (Å²) in [5.41, 5.74) is 0. The molecule has 0 amide bonds. The number of alkyl halides is 1. The van der Waals surface area contributed by atoms with Gasteiger partial charge in [0.1, 0.15) is 6.42 Å². The smallest absolute Gasteiger partial charge is 0.317 e. The Bertz CT molecular complexity index is 157. The largest absolute Gasteiger partial charge is 0.481 e. The Hall–Kier alpha value is -0.770. The number of carbonyl (C=O) groups excluding carboxylic acids is 1. The van der Waals surface area contributed by atoms with Crippen LogP contribution in [-0.2, 0) is 14.3 Å². The lowest BCUT2D eigenvalue weighted by Gasteiger charge is -2.00. The number of carboxylic acids is 1. The van der Waals surface area contributed by atoms with E-state index in [0.717, 1.165) is 6.42 Å². The number of aliphatic carboxylic acids is 1. The second kappa shape index (κ2) is 6.91. The van der Waals surface area contributed by atoms with Crippen molar-refractivity contribution in [2.45, 2.75) is 19.3 Å². The van der Waals surface area contributed by atoms with Gasteiger partial charge in [-0.2, -0.15) is 0 Å². The van der Waals surface area contributed by atoms with Gasteiger partial charge in [0.05, 0.1) is 6.61 Å². The summed E-state index contributed by atoms with van der Waals surface area (Å²) in [7, 11) is 0. The van der Waals surface area contributed by atoms with Gasteiger partial charge >= 0.3 is 11.9 Å². The van der Waals surface area contributed by atoms with Gasteiger partial charge in [-0.25, -0.2) is 0 Å². The summed E-state index contributed by atoms with van der Waals surface area (Å²) >= 11 is 5.37. The molecular formula is C7H11ClO4. The number of esters is 1. The normalized spacial score (nSPS) is 9.42. The van der Waals surface area contributed by atoms with E-state index in [9.17, 15) is 9.59 Å². The van der Waals surface area contributed by atoms with E-state index in [0.29, 0.717) is 12.3 Å². The first-order chi connectivity index (χ1) is 5.66. The third kappa shape index (κ3) is 7.34. The Balaban J connectivity index is 3.26. The number of rotatable bonds is 6. The van der Waals surface area contributed by atoms with E-state index in [2.05, 4.69) is 4.74 Å². The lowest BCUT2D eigenvalue weighted by atomic mass is 10.3. The molecule has 0 unspecified atom stereocenters.